The first-order valence-corrected chi connectivity index (χ1v) is 5.76. The molecule has 1 rings (SSSR count). The maximum absolute atomic E-state index is 10.00. The van der Waals surface area contributed by atoms with Gasteiger partial charge in [-0.3, -0.25) is 0 Å². The van der Waals surface area contributed by atoms with Gasteiger partial charge in [0, 0.05) is 6.54 Å². The highest BCUT2D eigenvalue weighted by atomic mass is 16.3. The van der Waals surface area contributed by atoms with Crippen molar-refractivity contribution in [3.05, 3.63) is 35.4 Å². The van der Waals surface area contributed by atoms with Crippen LogP contribution >= 0.6 is 0 Å². The first-order valence-electron chi connectivity index (χ1n) is 5.76. The third-order valence-electron chi connectivity index (χ3n) is 2.56. The van der Waals surface area contributed by atoms with Crippen molar-refractivity contribution < 1.29 is 5.11 Å². The molecule has 0 amide bonds. The third kappa shape index (κ3) is 3.65. The van der Waals surface area contributed by atoms with Gasteiger partial charge in [0.05, 0.1) is 6.10 Å². The van der Waals surface area contributed by atoms with Gasteiger partial charge in [-0.15, -0.1) is 0 Å². The molecular formula is C13H21NO. The first kappa shape index (κ1) is 12.2. The molecule has 1 aromatic rings. The molecule has 1 unspecified atom stereocenters. The van der Waals surface area contributed by atoms with Gasteiger partial charge < -0.3 is 10.4 Å². The molecule has 0 aliphatic carbocycles. The Kier molecular flexibility index (Phi) is 5.37. The molecule has 2 nitrogen and oxygen atoms in total. The molecule has 15 heavy (non-hydrogen) atoms. The van der Waals surface area contributed by atoms with Gasteiger partial charge in [-0.2, -0.15) is 0 Å². The Bertz CT molecular complexity index is 286. The van der Waals surface area contributed by atoms with E-state index in [4.69, 9.17) is 0 Å². The fourth-order valence-corrected chi connectivity index (χ4v) is 1.71. The van der Waals surface area contributed by atoms with Crippen LogP contribution in [-0.2, 0) is 6.42 Å². The highest BCUT2D eigenvalue weighted by Crippen LogP contribution is 2.17. The monoisotopic (exact) mass is 207 g/mol. The van der Waals surface area contributed by atoms with E-state index in [1.54, 1.807) is 0 Å². The number of benzene rings is 1. The van der Waals surface area contributed by atoms with Crippen molar-refractivity contribution in [2.45, 2.75) is 32.8 Å². The summed E-state index contributed by atoms with van der Waals surface area (Å²) >= 11 is 0. The Morgan fingerprint density at radius 1 is 1.27 bits per heavy atom. The summed E-state index contributed by atoms with van der Waals surface area (Å²) in [6.45, 7) is 5.85. The molecule has 0 heterocycles. The van der Waals surface area contributed by atoms with Gasteiger partial charge in [-0.05, 0) is 30.5 Å². The summed E-state index contributed by atoms with van der Waals surface area (Å²) in [5.74, 6) is 0. The molecule has 0 saturated heterocycles. The normalized spacial score (nSPS) is 12.7. The average molecular weight is 207 g/mol. The van der Waals surface area contributed by atoms with E-state index >= 15 is 0 Å². The fourth-order valence-electron chi connectivity index (χ4n) is 1.71. The van der Waals surface area contributed by atoms with Crippen LogP contribution in [0.3, 0.4) is 0 Å². The topological polar surface area (TPSA) is 32.3 Å². The number of nitrogens with one attached hydrogen (secondary N) is 1. The molecule has 84 valence electrons. The second-order valence-electron chi connectivity index (χ2n) is 3.77. The number of aryl methyl sites for hydroxylation is 1. The lowest BCUT2D eigenvalue weighted by Gasteiger charge is -2.15. The van der Waals surface area contributed by atoms with Crippen LogP contribution in [0, 0.1) is 0 Å². The number of hydrogen-bond donors (Lipinski definition) is 2. The molecule has 2 N–H and O–H groups in total. The fraction of sp³-hybridized carbons (Fsp3) is 0.538. The molecule has 0 aliphatic rings. The number of aliphatic hydroxyl groups excluding tert-OH is 1. The average Bonchev–Trinajstić information content (AvgIpc) is 2.29. The smallest absolute Gasteiger partial charge is 0.0917 e. The van der Waals surface area contributed by atoms with Crippen molar-refractivity contribution in [2.75, 3.05) is 13.1 Å². The molecular weight excluding hydrogens is 186 g/mol. The van der Waals surface area contributed by atoms with Crippen LogP contribution in [0.2, 0.25) is 0 Å². The van der Waals surface area contributed by atoms with Crippen LogP contribution in [0.4, 0.5) is 0 Å². The predicted molar refractivity (Wildman–Crippen MR) is 63.9 cm³/mol. The minimum Gasteiger partial charge on any atom is -0.387 e. The number of hydrogen-bond acceptors (Lipinski definition) is 2. The van der Waals surface area contributed by atoms with Gasteiger partial charge in [0.25, 0.3) is 0 Å². The summed E-state index contributed by atoms with van der Waals surface area (Å²) in [7, 11) is 0. The van der Waals surface area contributed by atoms with Crippen molar-refractivity contribution in [2.24, 2.45) is 0 Å². The second kappa shape index (κ2) is 6.59. The largest absolute Gasteiger partial charge is 0.387 e. The molecule has 0 saturated carbocycles. The standard InChI is InChI=1S/C13H21NO/c1-3-9-14-10-13(15)12-8-6-5-7-11(12)4-2/h5-8,13-15H,3-4,9-10H2,1-2H3. The minimum atomic E-state index is -0.382. The van der Waals surface area contributed by atoms with Crippen LogP contribution in [0.5, 0.6) is 0 Å². The van der Waals surface area contributed by atoms with Crippen LogP contribution in [0.25, 0.3) is 0 Å². The molecule has 1 atom stereocenters. The number of rotatable bonds is 6. The van der Waals surface area contributed by atoms with Crippen LogP contribution in [0.15, 0.2) is 24.3 Å². The van der Waals surface area contributed by atoms with Gasteiger partial charge in [-0.1, -0.05) is 38.1 Å². The minimum absolute atomic E-state index is 0.382. The van der Waals surface area contributed by atoms with Crippen molar-refractivity contribution in [3.63, 3.8) is 0 Å². The predicted octanol–water partition coefficient (Wildman–Crippen LogP) is 2.28. The van der Waals surface area contributed by atoms with Crippen LogP contribution in [-0.4, -0.2) is 18.2 Å². The highest BCUT2D eigenvalue weighted by molar-refractivity contribution is 5.29. The quantitative estimate of drug-likeness (QED) is 0.701. The van der Waals surface area contributed by atoms with Crippen molar-refractivity contribution in [3.8, 4) is 0 Å². The maximum Gasteiger partial charge on any atom is 0.0917 e. The third-order valence-corrected chi connectivity index (χ3v) is 2.56. The van der Waals surface area contributed by atoms with Crippen molar-refractivity contribution >= 4 is 0 Å². The van der Waals surface area contributed by atoms with Crippen molar-refractivity contribution in [1.29, 1.82) is 0 Å². The zero-order valence-corrected chi connectivity index (χ0v) is 9.66. The van der Waals surface area contributed by atoms with Crippen molar-refractivity contribution in [1.82, 2.24) is 5.32 Å². The van der Waals surface area contributed by atoms with Crippen LogP contribution < -0.4 is 5.32 Å². The molecule has 0 bridgehead atoms. The van der Waals surface area contributed by atoms with Gasteiger partial charge >= 0.3 is 0 Å². The molecule has 2 heteroatoms. The van der Waals surface area contributed by atoms with E-state index in [0.29, 0.717) is 6.54 Å². The Morgan fingerprint density at radius 3 is 2.67 bits per heavy atom. The molecule has 1 aromatic carbocycles. The summed E-state index contributed by atoms with van der Waals surface area (Å²) in [6, 6.07) is 8.10. The van der Waals surface area contributed by atoms with Gasteiger partial charge in [0.15, 0.2) is 0 Å². The summed E-state index contributed by atoms with van der Waals surface area (Å²) in [6.07, 6.45) is 1.69. The SMILES string of the molecule is CCCNCC(O)c1ccccc1CC. The molecule has 0 aliphatic heterocycles. The van der Waals surface area contributed by atoms with E-state index in [2.05, 4.69) is 25.2 Å². The lowest BCUT2D eigenvalue weighted by Crippen LogP contribution is -2.22. The summed E-state index contributed by atoms with van der Waals surface area (Å²) < 4.78 is 0. The molecule has 0 spiro atoms. The van der Waals surface area contributed by atoms with E-state index in [1.165, 1.54) is 5.56 Å². The van der Waals surface area contributed by atoms with E-state index < -0.39 is 0 Å². The van der Waals surface area contributed by atoms with E-state index in [1.807, 2.05) is 18.2 Å². The van der Waals surface area contributed by atoms with E-state index in [0.717, 1.165) is 24.9 Å². The number of aliphatic hydroxyl groups is 1. The van der Waals surface area contributed by atoms with E-state index in [-0.39, 0.29) is 6.10 Å². The molecule has 0 radical (unpaired) electrons. The highest BCUT2D eigenvalue weighted by Gasteiger charge is 2.09. The summed E-state index contributed by atoms with van der Waals surface area (Å²) in [4.78, 5) is 0. The summed E-state index contributed by atoms with van der Waals surface area (Å²) in [5, 5.41) is 13.2. The first-order chi connectivity index (χ1) is 7.29. The lowest BCUT2D eigenvalue weighted by atomic mass is 10.0. The van der Waals surface area contributed by atoms with Gasteiger partial charge in [0.2, 0.25) is 0 Å². The summed E-state index contributed by atoms with van der Waals surface area (Å²) in [5.41, 5.74) is 2.30. The van der Waals surface area contributed by atoms with Gasteiger partial charge in [-0.25, -0.2) is 0 Å². The zero-order chi connectivity index (χ0) is 11.1. The Balaban J connectivity index is 2.59. The Hall–Kier alpha value is -0.860. The second-order valence-corrected chi connectivity index (χ2v) is 3.77. The molecule has 0 fully saturated rings. The molecule has 0 aromatic heterocycles. The Morgan fingerprint density at radius 2 is 2.00 bits per heavy atom. The van der Waals surface area contributed by atoms with E-state index in [9.17, 15) is 5.11 Å². The lowest BCUT2D eigenvalue weighted by molar-refractivity contribution is 0.174. The van der Waals surface area contributed by atoms with Gasteiger partial charge in [0.1, 0.15) is 0 Å². The zero-order valence-electron chi connectivity index (χ0n) is 9.66. The maximum atomic E-state index is 10.00. The van der Waals surface area contributed by atoms with Crippen LogP contribution in [0.1, 0.15) is 37.5 Å². The Labute approximate surface area is 92.3 Å².